The third-order valence-corrected chi connectivity index (χ3v) is 3.63. The zero-order valence-corrected chi connectivity index (χ0v) is 10.2. The standard InChI is InChI=1S/C20H12/c1-2-7-14-13(6-1)12-19-16-9-4-3-8-15(16)18-11-5-10-17(14)20(18)19/h1-12H/i1D,3D,4D,5D,6D,8D,9D,10D,11D,12D. The van der Waals surface area contributed by atoms with Crippen molar-refractivity contribution in [3.8, 4) is 22.3 Å². The van der Waals surface area contributed by atoms with E-state index in [0.29, 0.717) is 5.39 Å². The van der Waals surface area contributed by atoms with Crippen molar-refractivity contribution in [3.05, 3.63) is 72.6 Å². The summed E-state index contributed by atoms with van der Waals surface area (Å²) in [6.45, 7) is 0. The Bertz CT molecular complexity index is 1490. The van der Waals surface area contributed by atoms with Crippen molar-refractivity contribution in [2.75, 3.05) is 0 Å². The van der Waals surface area contributed by atoms with E-state index in [1.165, 1.54) is 12.1 Å². The van der Waals surface area contributed by atoms with Crippen molar-refractivity contribution in [3.63, 3.8) is 0 Å². The summed E-state index contributed by atoms with van der Waals surface area (Å²) in [6.07, 6.45) is 0. The highest BCUT2D eigenvalue weighted by Gasteiger charge is 2.21. The molecule has 0 aromatic heterocycles. The first kappa shape index (κ1) is 4.75. The molecule has 0 saturated heterocycles. The molecule has 0 spiro atoms. The number of hydrogen-bond acceptors (Lipinski definition) is 0. The molecule has 0 atom stereocenters. The summed E-state index contributed by atoms with van der Waals surface area (Å²) in [5.41, 5.74) is 0.317. The van der Waals surface area contributed by atoms with E-state index >= 15 is 0 Å². The van der Waals surface area contributed by atoms with Gasteiger partial charge in [-0.1, -0.05) is 66.5 Å². The maximum Gasteiger partial charge on any atom is 0.0636 e. The van der Waals surface area contributed by atoms with Gasteiger partial charge in [0, 0.05) is 0 Å². The van der Waals surface area contributed by atoms with Crippen molar-refractivity contribution in [2.24, 2.45) is 0 Å². The molecule has 0 heteroatoms. The van der Waals surface area contributed by atoms with Crippen LogP contribution >= 0.6 is 0 Å². The summed E-state index contributed by atoms with van der Waals surface area (Å²) in [5.74, 6) is 0. The molecule has 0 bridgehead atoms. The van der Waals surface area contributed by atoms with Crippen LogP contribution in [0, 0.1) is 0 Å². The lowest BCUT2D eigenvalue weighted by molar-refractivity contribution is 1.70. The quantitative estimate of drug-likeness (QED) is 0.317. The minimum absolute atomic E-state index is 0.0425. The summed E-state index contributed by atoms with van der Waals surface area (Å²) < 4.78 is 83.2. The van der Waals surface area contributed by atoms with E-state index in [0.717, 1.165) is 0 Å². The Morgan fingerprint density at radius 3 is 2.35 bits per heavy atom. The summed E-state index contributed by atoms with van der Waals surface area (Å²) in [5, 5.41) is 0.885. The molecule has 0 heterocycles. The molecule has 0 fully saturated rings. The van der Waals surface area contributed by atoms with Crippen LogP contribution in [0.2, 0.25) is 0 Å². The van der Waals surface area contributed by atoms with Crippen molar-refractivity contribution in [2.45, 2.75) is 0 Å². The fraction of sp³-hybridized carbons (Fsp3) is 0. The van der Waals surface area contributed by atoms with Gasteiger partial charge in [-0.2, -0.15) is 0 Å². The third kappa shape index (κ3) is 1.12. The monoisotopic (exact) mass is 262 g/mol. The maximum absolute atomic E-state index is 8.78. The first-order chi connectivity index (χ1) is 14.1. The summed E-state index contributed by atoms with van der Waals surface area (Å²) in [4.78, 5) is 0. The molecule has 0 N–H and O–H groups in total. The van der Waals surface area contributed by atoms with Gasteiger partial charge in [-0.15, -0.1) is 0 Å². The fourth-order valence-electron chi connectivity index (χ4n) is 2.80. The minimum Gasteiger partial charge on any atom is -0.0616 e. The molecule has 1 aliphatic rings. The average molecular weight is 262 g/mol. The highest BCUT2D eigenvalue weighted by Crippen LogP contribution is 2.48. The fourth-order valence-corrected chi connectivity index (χ4v) is 2.80. The van der Waals surface area contributed by atoms with Crippen LogP contribution in [0.3, 0.4) is 0 Å². The molecule has 4 aromatic carbocycles. The molecule has 5 rings (SSSR count). The van der Waals surface area contributed by atoms with E-state index < -0.39 is 18.1 Å². The van der Waals surface area contributed by atoms with Gasteiger partial charge in [-0.25, -0.2) is 0 Å². The van der Waals surface area contributed by atoms with Crippen LogP contribution in [0.1, 0.15) is 13.7 Å². The summed E-state index contributed by atoms with van der Waals surface area (Å²) in [6, 6.07) is -0.358. The Morgan fingerprint density at radius 1 is 0.650 bits per heavy atom. The van der Waals surface area contributed by atoms with Gasteiger partial charge < -0.3 is 0 Å². The van der Waals surface area contributed by atoms with Crippen LogP contribution in [-0.4, -0.2) is 0 Å². The highest BCUT2D eigenvalue weighted by molar-refractivity contribution is 6.23. The van der Waals surface area contributed by atoms with E-state index in [1.807, 2.05) is 0 Å². The minimum atomic E-state index is -0.483. The van der Waals surface area contributed by atoms with E-state index in [4.69, 9.17) is 13.7 Å². The molecule has 0 nitrogen and oxygen atoms in total. The smallest absolute Gasteiger partial charge is 0.0616 e. The first-order valence-electron chi connectivity index (χ1n) is 11.2. The van der Waals surface area contributed by atoms with Crippen LogP contribution in [0.15, 0.2) is 72.6 Å². The van der Waals surface area contributed by atoms with E-state index in [9.17, 15) is 0 Å². The van der Waals surface area contributed by atoms with Gasteiger partial charge in [0.25, 0.3) is 0 Å². The van der Waals surface area contributed by atoms with Gasteiger partial charge in [0.1, 0.15) is 0 Å². The lowest BCUT2D eigenvalue weighted by Crippen LogP contribution is -1.79. The van der Waals surface area contributed by atoms with E-state index in [2.05, 4.69) is 0 Å². The number of fused-ring (bicyclic) bond motifs is 5. The summed E-state index contributed by atoms with van der Waals surface area (Å²) in [7, 11) is 0. The molecular formula is C20H12. The Labute approximate surface area is 131 Å². The second-order valence-electron chi connectivity index (χ2n) is 4.64. The van der Waals surface area contributed by atoms with Gasteiger partial charge in [0.2, 0.25) is 0 Å². The number of benzene rings is 4. The van der Waals surface area contributed by atoms with Crippen LogP contribution in [-0.2, 0) is 0 Å². The van der Waals surface area contributed by atoms with Gasteiger partial charge >= 0.3 is 0 Å². The second kappa shape index (κ2) is 3.49. The SMILES string of the molecule is [2H]c1ccc2c(c1[2H])c([2H])c1c3c(c([2H])c([2H])c([2H])c32)-c2c([2H])c([2H])c([2H])c([2H])c2-1. The molecular weight excluding hydrogens is 240 g/mol. The molecule has 1 aliphatic carbocycles. The Hall–Kier alpha value is -2.60. The molecule has 0 amide bonds. The van der Waals surface area contributed by atoms with Crippen molar-refractivity contribution in [1.29, 1.82) is 0 Å². The molecule has 4 aromatic rings. The van der Waals surface area contributed by atoms with Crippen LogP contribution in [0.4, 0.5) is 0 Å². The molecule has 0 saturated carbocycles. The summed E-state index contributed by atoms with van der Waals surface area (Å²) >= 11 is 0. The number of rotatable bonds is 0. The molecule has 0 radical (unpaired) electrons. The topological polar surface area (TPSA) is 0 Å². The molecule has 0 aliphatic heterocycles. The molecule has 92 valence electrons. The van der Waals surface area contributed by atoms with Crippen molar-refractivity contribution < 1.29 is 13.7 Å². The Kier molecular flexibility index (Phi) is 0.827. The van der Waals surface area contributed by atoms with Crippen molar-refractivity contribution >= 4 is 21.5 Å². The van der Waals surface area contributed by atoms with E-state index in [1.54, 1.807) is 0 Å². The van der Waals surface area contributed by atoms with Crippen LogP contribution in [0.5, 0.6) is 0 Å². The van der Waals surface area contributed by atoms with Gasteiger partial charge in [-0.05, 0) is 49.8 Å². The molecule has 0 unspecified atom stereocenters. The zero-order chi connectivity index (χ0) is 21.8. The van der Waals surface area contributed by atoms with Gasteiger partial charge in [0.05, 0.1) is 13.7 Å². The highest BCUT2D eigenvalue weighted by atomic mass is 14.2. The van der Waals surface area contributed by atoms with E-state index in [-0.39, 0.29) is 80.7 Å². The maximum atomic E-state index is 8.78. The van der Waals surface area contributed by atoms with Gasteiger partial charge in [-0.3, -0.25) is 0 Å². The predicted octanol–water partition coefficient (Wildman–Crippen LogP) is 5.64. The van der Waals surface area contributed by atoms with Crippen LogP contribution in [0.25, 0.3) is 43.8 Å². The Balaban J connectivity index is 2.23. The lowest BCUT2D eigenvalue weighted by atomic mass is 9.97. The normalized spacial score (nSPS) is 19.0. The zero-order valence-electron chi connectivity index (χ0n) is 20.2. The van der Waals surface area contributed by atoms with Crippen molar-refractivity contribution in [1.82, 2.24) is 0 Å². The van der Waals surface area contributed by atoms with Gasteiger partial charge in [0.15, 0.2) is 0 Å². The van der Waals surface area contributed by atoms with Crippen LogP contribution < -0.4 is 0 Å². The molecule has 20 heavy (non-hydrogen) atoms. The average Bonchev–Trinajstić information content (AvgIpc) is 3.07. The number of hydrogen-bond donors (Lipinski definition) is 0. The lowest BCUT2D eigenvalue weighted by Gasteiger charge is -2.07. The Morgan fingerprint density at radius 2 is 1.45 bits per heavy atom. The largest absolute Gasteiger partial charge is 0.0636 e. The third-order valence-electron chi connectivity index (χ3n) is 3.63. The first-order valence-corrected chi connectivity index (χ1v) is 6.16. The second-order valence-corrected chi connectivity index (χ2v) is 4.64. The predicted molar refractivity (Wildman–Crippen MR) is 85.9 cm³/mol.